The third kappa shape index (κ3) is 3.03. The standard InChI is InChI=1S/C18H24F3N3O/c1-16(2)9-17(10-23(3)4)11-24(8-13(16)17)15(25)14-12(18(19,20)21)6-5-7-22-14/h5-7,13H,8-11H2,1-4H3/t13-,17+/m1/s1. The maximum absolute atomic E-state index is 13.2. The average Bonchev–Trinajstić information content (AvgIpc) is 2.79. The molecule has 2 aliphatic rings. The minimum Gasteiger partial charge on any atom is -0.336 e. The number of alkyl halides is 3. The maximum Gasteiger partial charge on any atom is 0.418 e. The largest absolute Gasteiger partial charge is 0.418 e. The Morgan fingerprint density at radius 2 is 2.08 bits per heavy atom. The number of amides is 1. The van der Waals surface area contributed by atoms with Gasteiger partial charge in [-0.1, -0.05) is 13.8 Å². The number of hydrogen-bond donors (Lipinski definition) is 0. The van der Waals surface area contributed by atoms with Crippen LogP contribution in [0.5, 0.6) is 0 Å². The Labute approximate surface area is 146 Å². The van der Waals surface area contributed by atoms with Gasteiger partial charge in [-0.2, -0.15) is 13.2 Å². The fraction of sp³-hybridized carbons (Fsp3) is 0.667. The number of pyridine rings is 1. The molecular formula is C18H24F3N3O. The zero-order valence-corrected chi connectivity index (χ0v) is 15.0. The second-order valence-corrected chi connectivity index (χ2v) is 8.40. The summed E-state index contributed by atoms with van der Waals surface area (Å²) in [6, 6.07) is 2.13. The smallest absolute Gasteiger partial charge is 0.336 e. The molecule has 138 valence electrons. The molecule has 4 nitrogen and oxygen atoms in total. The number of carbonyl (C=O) groups is 1. The van der Waals surface area contributed by atoms with Gasteiger partial charge in [0.2, 0.25) is 0 Å². The lowest BCUT2D eigenvalue weighted by Gasteiger charge is -2.57. The van der Waals surface area contributed by atoms with Crippen LogP contribution >= 0.6 is 0 Å². The number of fused-ring (bicyclic) bond motifs is 1. The molecular weight excluding hydrogens is 331 g/mol. The molecule has 25 heavy (non-hydrogen) atoms. The van der Waals surface area contributed by atoms with Crippen molar-refractivity contribution in [3.8, 4) is 0 Å². The molecule has 1 aliphatic heterocycles. The van der Waals surface area contributed by atoms with Gasteiger partial charge in [-0.3, -0.25) is 9.78 Å². The molecule has 0 N–H and O–H groups in total. The monoisotopic (exact) mass is 355 g/mol. The number of halogens is 3. The van der Waals surface area contributed by atoms with Gasteiger partial charge in [-0.05, 0) is 44.0 Å². The number of nitrogens with zero attached hydrogens (tertiary/aromatic N) is 3. The zero-order valence-electron chi connectivity index (χ0n) is 15.0. The lowest BCUT2D eigenvalue weighted by Crippen LogP contribution is -2.57. The van der Waals surface area contributed by atoms with Gasteiger partial charge in [0, 0.05) is 31.2 Å². The van der Waals surface area contributed by atoms with Gasteiger partial charge in [0.25, 0.3) is 5.91 Å². The van der Waals surface area contributed by atoms with E-state index in [1.165, 1.54) is 12.3 Å². The number of carbonyl (C=O) groups excluding carboxylic acids is 1. The fourth-order valence-electron chi connectivity index (χ4n) is 5.08. The van der Waals surface area contributed by atoms with E-state index in [4.69, 9.17) is 0 Å². The van der Waals surface area contributed by atoms with Crippen LogP contribution in [-0.2, 0) is 6.18 Å². The van der Waals surface area contributed by atoms with Gasteiger partial charge in [0.15, 0.2) is 0 Å². The first-order valence-electron chi connectivity index (χ1n) is 8.42. The van der Waals surface area contributed by atoms with E-state index >= 15 is 0 Å². The molecule has 1 amide bonds. The zero-order chi connectivity index (χ0) is 18.6. The molecule has 1 saturated carbocycles. The van der Waals surface area contributed by atoms with Crippen molar-refractivity contribution in [1.82, 2.24) is 14.8 Å². The minimum absolute atomic E-state index is 0.0319. The van der Waals surface area contributed by atoms with E-state index in [0.717, 1.165) is 19.0 Å². The topological polar surface area (TPSA) is 36.4 Å². The summed E-state index contributed by atoms with van der Waals surface area (Å²) in [6.45, 7) is 6.15. The molecule has 2 fully saturated rings. The summed E-state index contributed by atoms with van der Waals surface area (Å²) in [5.74, 6) is -0.319. The fourth-order valence-corrected chi connectivity index (χ4v) is 5.08. The normalized spacial score (nSPS) is 28.0. The van der Waals surface area contributed by atoms with E-state index in [1.807, 2.05) is 14.1 Å². The van der Waals surface area contributed by atoms with E-state index in [1.54, 1.807) is 4.90 Å². The van der Waals surface area contributed by atoms with E-state index in [0.29, 0.717) is 19.0 Å². The van der Waals surface area contributed by atoms with Gasteiger partial charge >= 0.3 is 6.18 Å². The predicted octanol–water partition coefficient (Wildman–Crippen LogP) is 3.15. The van der Waals surface area contributed by atoms with Crippen molar-refractivity contribution in [3.63, 3.8) is 0 Å². The highest BCUT2D eigenvalue weighted by molar-refractivity contribution is 5.94. The van der Waals surface area contributed by atoms with Crippen LogP contribution in [-0.4, -0.2) is 54.4 Å². The van der Waals surface area contributed by atoms with Crippen LogP contribution in [0.25, 0.3) is 0 Å². The van der Waals surface area contributed by atoms with Crippen LogP contribution in [0.1, 0.15) is 36.3 Å². The second-order valence-electron chi connectivity index (χ2n) is 8.40. The summed E-state index contributed by atoms with van der Waals surface area (Å²) < 4.78 is 39.6. The van der Waals surface area contributed by atoms with Crippen molar-refractivity contribution >= 4 is 5.91 Å². The molecule has 0 unspecified atom stereocenters. The minimum atomic E-state index is -4.58. The summed E-state index contributed by atoms with van der Waals surface area (Å²) in [7, 11) is 3.98. The van der Waals surface area contributed by atoms with Crippen LogP contribution in [0.2, 0.25) is 0 Å². The molecule has 1 aromatic heterocycles. The van der Waals surface area contributed by atoms with Crippen molar-refractivity contribution in [2.24, 2.45) is 16.7 Å². The number of likely N-dealkylation sites (tertiary alicyclic amines) is 1. The van der Waals surface area contributed by atoms with E-state index < -0.39 is 23.3 Å². The Morgan fingerprint density at radius 1 is 1.40 bits per heavy atom. The molecule has 1 aliphatic carbocycles. The Bertz CT molecular complexity index is 682. The summed E-state index contributed by atoms with van der Waals surface area (Å²) in [4.78, 5) is 20.2. The lowest BCUT2D eigenvalue weighted by molar-refractivity contribution is -0.138. The van der Waals surface area contributed by atoms with Crippen molar-refractivity contribution in [2.45, 2.75) is 26.4 Å². The first-order chi connectivity index (χ1) is 11.5. The molecule has 3 rings (SSSR count). The Morgan fingerprint density at radius 3 is 2.64 bits per heavy atom. The number of rotatable bonds is 3. The van der Waals surface area contributed by atoms with Crippen LogP contribution < -0.4 is 0 Å². The highest BCUT2D eigenvalue weighted by Gasteiger charge is 2.63. The molecule has 0 aromatic carbocycles. The van der Waals surface area contributed by atoms with E-state index in [9.17, 15) is 18.0 Å². The highest BCUT2D eigenvalue weighted by atomic mass is 19.4. The van der Waals surface area contributed by atoms with Crippen LogP contribution in [0.3, 0.4) is 0 Å². The second kappa shape index (κ2) is 5.69. The van der Waals surface area contributed by atoms with Crippen molar-refractivity contribution < 1.29 is 18.0 Å². The third-order valence-corrected chi connectivity index (χ3v) is 5.63. The van der Waals surface area contributed by atoms with Crippen molar-refractivity contribution in [1.29, 1.82) is 0 Å². The molecule has 7 heteroatoms. The molecule has 2 heterocycles. The maximum atomic E-state index is 13.2. The highest BCUT2D eigenvalue weighted by Crippen LogP contribution is 2.63. The van der Waals surface area contributed by atoms with Crippen LogP contribution in [0, 0.1) is 16.7 Å². The van der Waals surface area contributed by atoms with Gasteiger partial charge in [0.1, 0.15) is 5.69 Å². The predicted molar refractivity (Wildman–Crippen MR) is 88.0 cm³/mol. The molecule has 0 radical (unpaired) electrons. The number of aromatic nitrogens is 1. The Hall–Kier alpha value is -1.63. The van der Waals surface area contributed by atoms with Gasteiger partial charge in [0.05, 0.1) is 5.56 Å². The van der Waals surface area contributed by atoms with Crippen molar-refractivity contribution in [2.75, 3.05) is 33.7 Å². The summed E-state index contributed by atoms with van der Waals surface area (Å²) in [6.07, 6.45) is -2.37. The Kier molecular flexibility index (Phi) is 4.14. The third-order valence-electron chi connectivity index (χ3n) is 5.63. The summed E-state index contributed by atoms with van der Waals surface area (Å²) in [5, 5.41) is 0. The van der Waals surface area contributed by atoms with Crippen LogP contribution in [0.4, 0.5) is 13.2 Å². The number of hydrogen-bond acceptors (Lipinski definition) is 3. The van der Waals surface area contributed by atoms with E-state index in [2.05, 4.69) is 23.7 Å². The first-order valence-corrected chi connectivity index (χ1v) is 8.42. The Balaban J connectivity index is 1.88. The molecule has 1 aromatic rings. The lowest BCUT2D eigenvalue weighted by atomic mass is 9.48. The molecule has 1 saturated heterocycles. The van der Waals surface area contributed by atoms with Gasteiger partial charge in [-0.15, -0.1) is 0 Å². The average molecular weight is 355 g/mol. The van der Waals surface area contributed by atoms with Crippen molar-refractivity contribution in [3.05, 3.63) is 29.6 Å². The SMILES string of the molecule is CN(C)C[C@@]12CN(C(=O)c3ncccc3C(F)(F)F)C[C@@H]1C(C)(C)C2. The van der Waals surface area contributed by atoms with Gasteiger partial charge < -0.3 is 9.80 Å². The molecule has 0 bridgehead atoms. The first kappa shape index (κ1) is 18.2. The molecule has 0 spiro atoms. The van der Waals surface area contributed by atoms with Crippen LogP contribution in [0.15, 0.2) is 18.3 Å². The quantitative estimate of drug-likeness (QED) is 0.836. The summed E-state index contributed by atoms with van der Waals surface area (Å²) in [5.41, 5.74) is -1.38. The molecule has 2 atom stereocenters. The van der Waals surface area contributed by atoms with E-state index in [-0.39, 0.29) is 10.8 Å². The summed E-state index contributed by atoms with van der Waals surface area (Å²) >= 11 is 0. The van der Waals surface area contributed by atoms with Gasteiger partial charge in [-0.25, -0.2) is 0 Å².